The Balaban J connectivity index is 3.17. The van der Waals surface area contributed by atoms with E-state index in [1.807, 2.05) is 13.2 Å². The van der Waals surface area contributed by atoms with Crippen molar-refractivity contribution in [3.05, 3.63) is 4.88 Å². The summed E-state index contributed by atoms with van der Waals surface area (Å²) in [4.78, 5) is 12.4. The molecule has 0 fully saturated rings. The SMILES string of the molecule is CCNc1sc(C(N)=O)c(N)c1SC. The standard InChI is InChI=1S/C8H13N3OS2/c1-3-11-8-6(13-2)4(9)5(14-8)7(10)12/h11H,3,9H2,1-2H3,(H2,10,12). The molecule has 0 radical (unpaired) electrons. The zero-order chi connectivity index (χ0) is 10.7. The lowest BCUT2D eigenvalue weighted by molar-refractivity contribution is 0.100. The van der Waals surface area contributed by atoms with Crippen LogP contribution in [-0.4, -0.2) is 18.7 Å². The summed E-state index contributed by atoms with van der Waals surface area (Å²) in [6.45, 7) is 2.79. The maximum absolute atomic E-state index is 11.0. The number of thioether (sulfide) groups is 1. The first-order chi connectivity index (χ1) is 6.61. The number of hydrogen-bond donors (Lipinski definition) is 3. The Morgan fingerprint density at radius 3 is 2.71 bits per heavy atom. The lowest BCUT2D eigenvalue weighted by Crippen LogP contribution is -2.10. The summed E-state index contributed by atoms with van der Waals surface area (Å²) >= 11 is 2.83. The number of thiophene rings is 1. The molecule has 1 aromatic rings. The molecular formula is C8H13N3OS2. The van der Waals surface area contributed by atoms with Gasteiger partial charge in [-0.1, -0.05) is 0 Å². The Bertz CT molecular complexity index is 349. The van der Waals surface area contributed by atoms with Gasteiger partial charge >= 0.3 is 0 Å². The Kier molecular flexibility index (Phi) is 3.65. The number of carbonyl (C=O) groups excluding carboxylic acids is 1. The second kappa shape index (κ2) is 4.56. The predicted molar refractivity (Wildman–Crippen MR) is 63.2 cm³/mol. The molecule has 0 spiro atoms. The highest BCUT2D eigenvalue weighted by atomic mass is 32.2. The highest BCUT2D eigenvalue weighted by Crippen LogP contribution is 2.41. The van der Waals surface area contributed by atoms with E-state index < -0.39 is 5.91 Å². The largest absolute Gasteiger partial charge is 0.396 e. The number of carbonyl (C=O) groups is 1. The number of rotatable bonds is 4. The van der Waals surface area contributed by atoms with Crippen molar-refractivity contribution in [1.29, 1.82) is 0 Å². The van der Waals surface area contributed by atoms with Crippen LogP contribution in [0.5, 0.6) is 0 Å². The zero-order valence-corrected chi connectivity index (χ0v) is 9.72. The second-order valence-electron chi connectivity index (χ2n) is 2.60. The molecule has 5 N–H and O–H groups in total. The maximum atomic E-state index is 11.0. The van der Waals surface area contributed by atoms with Crippen molar-refractivity contribution < 1.29 is 4.79 Å². The van der Waals surface area contributed by atoms with Gasteiger partial charge in [-0.25, -0.2) is 0 Å². The normalized spacial score (nSPS) is 10.1. The van der Waals surface area contributed by atoms with E-state index in [-0.39, 0.29) is 0 Å². The minimum Gasteiger partial charge on any atom is -0.396 e. The van der Waals surface area contributed by atoms with Gasteiger partial charge < -0.3 is 16.8 Å². The van der Waals surface area contributed by atoms with Crippen LogP contribution >= 0.6 is 23.1 Å². The fourth-order valence-corrected chi connectivity index (χ4v) is 3.05. The van der Waals surface area contributed by atoms with Crippen LogP contribution in [0.1, 0.15) is 16.6 Å². The van der Waals surface area contributed by atoms with Crippen molar-refractivity contribution in [3.8, 4) is 0 Å². The summed E-state index contributed by atoms with van der Waals surface area (Å²) in [5.41, 5.74) is 11.5. The van der Waals surface area contributed by atoms with E-state index in [4.69, 9.17) is 11.5 Å². The van der Waals surface area contributed by atoms with Crippen LogP contribution in [0.3, 0.4) is 0 Å². The van der Waals surface area contributed by atoms with Gasteiger partial charge in [0.15, 0.2) is 0 Å². The fourth-order valence-electron chi connectivity index (χ4n) is 1.09. The van der Waals surface area contributed by atoms with Crippen molar-refractivity contribution in [1.82, 2.24) is 0 Å². The Hall–Kier alpha value is -0.880. The first-order valence-corrected chi connectivity index (χ1v) is 6.15. The summed E-state index contributed by atoms with van der Waals surface area (Å²) in [5.74, 6) is -0.466. The topological polar surface area (TPSA) is 81.1 Å². The number of amides is 1. The molecule has 1 aromatic heterocycles. The number of anilines is 2. The van der Waals surface area contributed by atoms with Crippen LogP contribution in [0.15, 0.2) is 4.90 Å². The van der Waals surface area contributed by atoms with Crippen LogP contribution in [0, 0.1) is 0 Å². The monoisotopic (exact) mass is 231 g/mol. The van der Waals surface area contributed by atoms with E-state index in [9.17, 15) is 4.79 Å². The second-order valence-corrected chi connectivity index (χ2v) is 4.44. The third-order valence-electron chi connectivity index (χ3n) is 1.66. The molecule has 1 amide bonds. The van der Waals surface area contributed by atoms with E-state index in [1.165, 1.54) is 23.1 Å². The number of nitrogens with one attached hydrogen (secondary N) is 1. The molecule has 14 heavy (non-hydrogen) atoms. The molecule has 0 aromatic carbocycles. The molecule has 0 bridgehead atoms. The molecule has 1 heterocycles. The molecule has 78 valence electrons. The molecule has 1 rings (SSSR count). The number of nitrogen functional groups attached to an aromatic ring is 1. The van der Waals surface area contributed by atoms with E-state index in [2.05, 4.69) is 5.32 Å². The van der Waals surface area contributed by atoms with E-state index in [0.29, 0.717) is 10.6 Å². The van der Waals surface area contributed by atoms with Crippen molar-refractivity contribution in [2.75, 3.05) is 23.9 Å². The first kappa shape index (κ1) is 11.2. The first-order valence-electron chi connectivity index (χ1n) is 4.11. The highest BCUT2D eigenvalue weighted by molar-refractivity contribution is 7.99. The lowest BCUT2D eigenvalue weighted by atomic mass is 10.4. The smallest absolute Gasteiger partial charge is 0.261 e. The van der Waals surface area contributed by atoms with E-state index in [1.54, 1.807) is 0 Å². The molecule has 0 unspecified atom stereocenters. The van der Waals surface area contributed by atoms with Crippen LogP contribution in [0.2, 0.25) is 0 Å². The van der Waals surface area contributed by atoms with Gasteiger partial charge in [0, 0.05) is 6.54 Å². The van der Waals surface area contributed by atoms with Crippen LogP contribution < -0.4 is 16.8 Å². The Labute approximate surface area is 91.0 Å². The summed E-state index contributed by atoms with van der Waals surface area (Å²) in [6.07, 6.45) is 1.92. The zero-order valence-electron chi connectivity index (χ0n) is 8.09. The summed E-state index contributed by atoms with van der Waals surface area (Å²) < 4.78 is 0. The average Bonchev–Trinajstić information content (AvgIpc) is 2.43. The summed E-state index contributed by atoms with van der Waals surface area (Å²) in [5, 5.41) is 4.08. The van der Waals surface area contributed by atoms with Gasteiger partial charge in [0.2, 0.25) is 0 Å². The van der Waals surface area contributed by atoms with Gasteiger partial charge in [-0.3, -0.25) is 4.79 Å². The van der Waals surface area contributed by atoms with Gasteiger partial charge in [-0.2, -0.15) is 0 Å². The van der Waals surface area contributed by atoms with Crippen LogP contribution in [0.25, 0.3) is 0 Å². The number of hydrogen-bond acceptors (Lipinski definition) is 5. The van der Waals surface area contributed by atoms with Crippen LogP contribution in [0.4, 0.5) is 10.7 Å². The van der Waals surface area contributed by atoms with Gasteiger partial charge in [-0.05, 0) is 13.2 Å². The minimum atomic E-state index is -0.466. The van der Waals surface area contributed by atoms with Crippen molar-refractivity contribution in [2.24, 2.45) is 5.73 Å². The van der Waals surface area contributed by atoms with E-state index >= 15 is 0 Å². The van der Waals surface area contributed by atoms with Gasteiger partial charge in [0.05, 0.1) is 10.6 Å². The molecule has 0 saturated heterocycles. The predicted octanol–water partition coefficient (Wildman–Crippen LogP) is 1.58. The molecule has 0 aliphatic carbocycles. The molecule has 0 aliphatic heterocycles. The molecule has 0 aliphatic rings. The summed E-state index contributed by atoms with van der Waals surface area (Å²) in [6, 6.07) is 0. The molecule has 0 atom stereocenters. The third-order valence-corrected chi connectivity index (χ3v) is 3.80. The number of primary amides is 1. The fraction of sp³-hybridized carbons (Fsp3) is 0.375. The molecule has 6 heteroatoms. The highest BCUT2D eigenvalue weighted by Gasteiger charge is 2.17. The van der Waals surface area contributed by atoms with Gasteiger partial charge in [-0.15, -0.1) is 23.1 Å². The molecule has 0 saturated carbocycles. The van der Waals surface area contributed by atoms with Crippen molar-refractivity contribution in [2.45, 2.75) is 11.8 Å². The molecular weight excluding hydrogens is 218 g/mol. The molecule has 4 nitrogen and oxygen atoms in total. The number of nitrogens with two attached hydrogens (primary N) is 2. The maximum Gasteiger partial charge on any atom is 0.261 e. The third kappa shape index (κ3) is 1.96. The minimum absolute atomic E-state index is 0.435. The van der Waals surface area contributed by atoms with E-state index in [0.717, 1.165) is 16.4 Å². The Morgan fingerprint density at radius 1 is 1.64 bits per heavy atom. The average molecular weight is 231 g/mol. The van der Waals surface area contributed by atoms with Gasteiger partial charge in [0.1, 0.15) is 9.88 Å². The van der Waals surface area contributed by atoms with Crippen molar-refractivity contribution in [3.63, 3.8) is 0 Å². The van der Waals surface area contributed by atoms with Crippen LogP contribution in [-0.2, 0) is 0 Å². The lowest BCUT2D eigenvalue weighted by Gasteiger charge is -2.01. The quantitative estimate of drug-likeness (QED) is 0.687. The van der Waals surface area contributed by atoms with Crippen molar-refractivity contribution >= 4 is 39.7 Å². The Morgan fingerprint density at radius 2 is 2.29 bits per heavy atom. The summed E-state index contributed by atoms with van der Waals surface area (Å²) in [7, 11) is 0. The van der Waals surface area contributed by atoms with Gasteiger partial charge in [0.25, 0.3) is 5.91 Å².